The van der Waals surface area contributed by atoms with Crippen molar-refractivity contribution in [1.29, 1.82) is 5.53 Å². The molecule has 1 fully saturated rings. The highest BCUT2D eigenvalue weighted by molar-refractivity contribution is 14.1. The Morgan fingerprint density at radius 3 is 2.66 bits per heavy atom. The summed E-state index contributed by atoms with van der Waals surface area (Å²) >= 11 is 0.570. The molecule has 1 aliphatic heterocycles. The van der Waals surface area contributed by atoms with E-state index in [1.165, 1.54) is 24.9 Å². The highest BCUT2D eigenvalue weighted by Crippen LogP contribution is 2.26. The van der Waals surface area contributed by atoms with Gasteiger partial charge in [-0.1, -0.05) is 13.0 Å². The number of nitrogens with zero attached hydrogens (tertiary/aromatic N) is 2. The Balaban J connectivity index is 1.85. The number of rotatable bonds is 18. The van der Waals surface area contributed by atoms with Gasteiger partial charge in [0.2, 0.25) is 5.91 Å². The maximum atomic E-state index is 14.5. The van der Waals surface area contributed by atoms with Crippen molar-refractivity contribution in [2.75, 3.05) is 59.8 Å². The van der Waals surface area contributed by atoms with Crippen molar-refractivity contribution in [3.8, 4) is 5.75 Å². The van der Waals surface area contributed by atoms with Gasteiger partial charge in [0.15, 0.2) is 21.3 Å². The van der Waals surface area contributed by atoms with Crippen LogP contribution in [0.15, 0.2) is 24.7 Å². The highest BCUT2D eigenvalue weighted by atomic mass is 127. The average molecular weight is 671 g/mol. The maximum absolute atomic E-state index is 14.5. The van der Waals surface area contributed by atoms with E-state index in [0.717, 1.165) is 0 Å². The first kappa shape index (κ1) is 32.3. The molecule has 0 spiro atoms. The van der Waals surface area contributed by atoms with Crippen LogP contribution in [-0.2, 0) is 19.0 Å². The fraction of sp³-hybridized carbons (Fsp3) is 0.652. The molecule has 1 aromatic rings. The first-order chi connectivity index (χ1) is 18.3. The fourth-order valence-electron chi connectivity index (χ4n) is 3.37. The number of methoxy groups -OCH3 is 1. The number of hydrogen-bond donors (Lipinski definition) is 4. The predicted molar refractivity (Wildman–Crippen MR) is 149 cm³/mol. The number of halogens is 2. The summed E-state index contributed by atoms with van der Waals surface area (Å²) in [6.45, 7) is 6.66. The molecule has 3 unspecified atom stereocenters. The number of carbonyl (C=O) groups is 2. The van der Waals surface area contributed by atoms with Crippen molar-refractivity contribution in [1.82, 2.24) is 16.0 Å². The molecule has 0 saturated carbocycles. The molecule has 2 rings (SSSR count). The van der Waals surface area contributed by atoms with Crippen molar-refractivity contribution < 1.29 is 32.9 Å². The molecular formula is C23H36FIN6O6S. The maximum Gasteiger partial charge on any atom is 0.315 e. The van der Waals surface area contributed by atoms with Crippen LogP contribution in [0.1, 0.15) is 25.5 Å². The molecule has 4 atom stereocenters. The van der Waals surface area contributed by atoms with E-state index in [-0.39, 0.29) is 36.4 Å². The monoisotopic (exact) mass is 670 g/mol. The lowest BCUT2D eigenvalue weighted by molar-refractivity contribution is -0.122. The molecule has 1 aliphatic rings. The molecule has 1 aromatic carbocycles. The lowest BCUT2D eigenvalue weighted by atomic mass is 10.1. The Labute approximate surface area is 236 Å². The van der Waals surface area contributed by atoms with Crippen LogP contribution in [0.5, 0.6) is 5.75 Å². The number of ether oxygens (including phenoxy) is 4. The molecule has 0 aromatic heterocycles. The van der Waals surface area contributed by atoms with E-state index in [0.29, 0.717) is 50.8 Å². The third-order valence-electron chi connectivity index (χ3n) is 5.44. The second-order valence-electron chi connectivity index (χ2n) is 8.30. The lowest BCUT2D eigenvalue weighted by Gasteiger charge is -2.32. The SMILES string of the molecule is COc1ccc([C@@H](C)NC(=O)C(COCCOCCOCCN=IN=N)SC2NC(=O)NCC2C)c(F)c1. The summed E-state index contributed by atoms with van der Waals surface area (Å²) in [7, 11) is 1.46. The second kappa shape index (κ2) is 18.4. The minimum atomic E-state index is -0.738. The number of urea groups is 1. The Morgan fingerprint density at radius 2 is 1.97 bits per heavy atom. The topological polar surface area (TPSA) is 156 Å². The van der Waals surface area contributed by atoms with Gasteiger partial charge in [0.1, 0.15) is 16.8 Å². The molecule has 4 N–H and O–H groups in total. The van der Waals surface area contributed by atoms with Crippen molar-refractivity contribution in [3.63, 3.8) is 0 Å². The smallest absolute Gasteiger partial charge is 0.315 e. The Bertz CT molecular complexity index is 932. The van der Waals surface area contributed by atoms with Crippen LogP contribution in [0.3, 0.4) is 0 Å². The molecule has 12 nitrogen and oxygen atoms in total. The number of amides is 3. The molecular weight excluding hydrogens is 634 g/mol. The Hall–Kier alpha value is -1.95. The van der Waals surface area contributed by atoms with Gasteiger partial charge < -0.3 is 34.9 Å². The second-order valence-corrected chi connectivity index (χ2v) is 11.2. The summed E-state index contributed by atoms with van der Waals surface area (Å²) in [6.07, 6.45) is 0. The van der Waals surface area contributed by atoms with Crippen LogP contribution in [0.2, 0.25) is 0 Å². The molecule has 1 saturated heterocycles. The molecule has 214 valence electrons. The van der Waals surface area contributed by atoms with Crippen LogP contribution < -0.4 is 20.7 Å². The number of hydrogen-bond acceptors (Lipinski definition) is 9. The van der Waals surface area contributed by atoms with E-state index in [4.69, 9.17) is 24.5 Å². The van der Waals surface area contributed by atoms with Gasteiger partial charge in [-0.05, 0) is 13.0 Å². The largest absolute Gasteiger partial charge is 0.497 e. The van der Waals surface area contributed by atoms with E-state index in [2.05, 4.69) is 22.4 Å². The van der Waals surface area contributed by atoms with Gasteiger partial charge in [-0.2, -0.15) is 5.53 Å². The van der Waals surface area contributed by atoms with Crippen molar-refractivity contribution in [2.24, 2.45) is 12.4 Å². The molecule has 0 radical (unpaired) electrons. The van der Waals surface area contributed by atoms with Gasteiger partial charge in [0, 0.05) is 24.1 Å². The summed E-state index contributed by atoms with van der Waals surface area (Å²) in [5.41, 5.74) is 7.03. The summed E-state index contributed by atoms with van der Waals surface area (Å²) in [5, 5.41) is 7.52. The number of carbonyl (C=O) groups excluding carboxylic acids is 2. The number of thioether (sulfide) groups is 1. The van der Waals surface area contributed by atoms with E-state index in [1.807, 2.05) is 6.92 Å². The summed E-state index contributed by atoms with van der Waals surface area (Å²) in [4.78, 5) is 25.0. The zero-order chi connectivity index (χ0) is 27.8. The van der Waals surface area contributed by atoms with Crippen LogP contribution >= 0.6 is 33.1 Å². The minimum absolute atomic E-state index is 0.0869. The lowest BCUT2D eigenvalue weighted by Crippen LogP contribution is -2.54. The van der Waals surface area contributed by atoms with Crippen molar-refractivity contribution >= 4 is 45.0 Å². The summed E-state index contributed by atoms with van der Waals surface area (Å²) in [6, 6.07) is 3.62. The zero-order valence-corrected chi connectivity index (χ0v) is 24.7. The van der Waals surface area contributed by atoms with Crippen molar-refractivity contribution in [3.05, 3.63) is 29.6 Å². The Morgan fingerprint density at radius 1 is 1.26 bits per heavy atom. The van der Waals surface area contributed by atoms with Gasteiger partial charge in [-0.3, -0.25) is 4.79 Å². The van der Waals surface area contributed by atoms with E-state index < -0.39 is 38.4 Å². The highest BCUT2D eigenvalue weighted by Gasteiger charge is 2.32. The van der Waals surface area contributed by atoms with Gasteiger partial charge in [-0.25, -0.2) is 12.3 Å². The molecule has 3 amide bonds. The molecule has 1 heterocycles. The molecule has 38 heavy (non-hydrogen) atoms. The summed E-state index contributed by atoms with van der Waals surface area (Å²) in [5.74, 6) is -0.316. The standard InChI is InChI=1S/C23H36FIN6O6S/c1-15-13-27-23(33)30-22(15)38-20(14-37-11-10-36-9-8-35-7-6-28-25-31-26)21(32)29-16(2)18-5-4-17(34-3)12-19(18)24/h4-5,12,15-16,20,22,26H,6-11,13-14H2,1-3H3,(H,29,32)(H2,27,30,33)/t15?,16-,20?,22?/m1/s1. The number of benzene rings is 1. The van der Waals surface area contributed by atoms with Gasteiger partial charge in [-0.15, -0.1) is 15.1 Å². The van der Waals surface area contributed by atoms with Gasteiger partial charge >= 0.3 is 6.03 Å². The first-order valence-electron chi connectivity index (χ1n) is 12.1. The fourth-order valence-corrected chi connectivity index (χ4v) is 5.19. The van der Waals surface area contributed by atoms with Crippen molar-refractivity contribution in [2.45, 2.75) is 30.5 Å². The van der Waals surface area contributed by atoms with Crippen LogP contribution in [0.4, 0.5) is 9.18 Å². The molecule has 0 bridgehead atoms. The average Bonchev–Trinajstić information content (AvgIpc) is 2.90. The Kier molecular flexibility index (Phi) is 15.6. The quantitative estimate of drug-likeness (QED) is 0.106. The van der Waals surface area contributed by atoms with Crippen LogP contribution in [0.25, 0.3) is 0 Å². The number of nitrogens with one attached hydrogen (secondary N) is 4. The molecule has 15 heteroatoms. The van der Waals surface area contributed by atoms with Gasteiger partial charge in [0.25, 0.3) is 0 Å². The van der Waals surface area contributed by atoms with E-state index in [9.17, 15) is 14.0 Å². The van der Waals surface area contributed by atoms with E-state index in [1.54, 1.807) is 19.1 Å². The van der Waals surface area contributed by atoms with E-state index >= 15 is 0 Å². The van der Waals surface area contributed by atoms with Crippen LogP contribution in [0, 0.1) is 17.3 Å². The first-order valence-corrected chi connectivity index (χ1v) is 15.0. The third-order valence-corrected chi connectivity index (χ3v) is 7.99. The third kappa shape index (κ3) is 11.8. The van der Waals surface area contributed by atoms with Gasteiger partial charge in [0.05, 0.1) is 64.7 Å². The van der Waals surface area contributed by atoms with Crippen LogP contribution in [-0.4, -0.2) is 82.4 Å². The normalized spacial score (nSPS) is 19.1. The minimum Gasteiger partial charge on any atom is -0.497 e. The summed E-state index contributed by atoms with van der Waals surface area (Å²) < 4.78 is 43.5. The predicted octanol–water partition coefficient (Wildman–Crippen LogP) is 3.54. The zero-order valence-electron chi connectivity index (χ0n) is 21.7. The molecule has 0 aliphatic carbocycles.